The minimum absolute atomic E-state index is 0.379. The summed E-state index contributed by atoms with van der Waals surface area (Å²) in [6, 6.07) is 11.7. The molecule has 1 N–H and O–H groups in total. The molecule has 0 aliphatic carbocycles. The van der Waals surface area contributed by atoms with E-state index in [1.165, 1.54) is 19.1 Å². The molecule has 0 fully saturated rings. The number of carbonyl (C=O) groups excluding carboxylic acids is 2. The van der Waals surface area contributed by atoms with E-state index < -0.39 is 18.0 Å². The molecule has 7 heteroatoms. The summed E-state index contributed by atoms with van der Waals surface area (Å²) in [6.45, 7) is 1.47. The zero-order valence-corrected chi connectivity index (χ0v) is 15.4. The maximum Gasteiger partial charge on any atom is 0.331 e. The van der Waals surface area contributed by atoms with Gasteiger partial charge >= 0.3 is 5.97 Å². The molecule has 0 spiro atoms. The lowest BCUT2D eigenvalue weighted by atomic mass is 10.2. The van der Waals surface area contributed by atoms with Gasteiger partial charge in [0.2, 0.25) is 0 Å². The van der Waals surface area contributed by atoms with E-state index in [4.69, 9.17) is 39.5 Å². The monoisotopic (exact) mass is 397 g/mol. The number of hydrogen-bond acceptors (Lipinski definition) is 3. The van der Waals surface area contributed by atoms with Gasteiger partial charge in [0.1, 0.15) is 0 Å². The van der Waals surface area contributed by atoms with Crippen LogP contribution in [0.25, 0.3) is 6.08 Å². The number of ether oxygens (including phenoxy) is 1. The van der Waals surface area contributed by atoms with Crippen molar-refractivity contribution in [1.82, 2.24) is 0 Å². The van der Waals surface area contributed by atoms with E-state index in [0.717, 1.165) is 0 Å². The molecule has 2 rings (SSSR count). The van der Waals surface area contributed by atoms with Crippen LogP contribution in [0.5, 0.6) is 0 Å². The molecule has 0 saturated carbocycles. The number of nitrogens with one attached hydrogen (secondary N) is 1. The van der Waals surface area contributed by atoms with E-state index in [0.29, 0.717) is 26.3 Å². The van der Waals surface area contributed by atoms with Gasteiger partial charge in [0.05, 0.1) is 20.8 Å². The predicted octanol–water partition coefficient (Wildman–Crippen LogP) is 5.23. The molecule has 1 amide bonds. The summed E-state index contributed by atoms with van der Waals surface area (Å²) in [5.74, 6) is -1.14. The molecule has 0 bridgehead atoms. The Labute approximate surface area is 160 Å². The van der Waals surface area contributed by atoms with Crippen molar-refractivity contribution in [1.29, 1.82) is 0 Å². The number of benzene rings is 2. The van der Waals surface area contributed by atoms with Crippen LogP contribution in [0.15, 0.2) is 48.5 Å². The zero-order chi connectivity index (χ0) is 18.4. The second kappa shape index (κ2) is 8.90. The van der Waals surface area contributed by atoms with Gasteiger partial charge in [-0.05, 0) is 42.8 Å². The van der Waals surface area contributed by atoms with Crippen molar-refractivity contribution in [3.8, 4) is 0 Å². The fraction of sp³-hybridized carbons (Fsp3) is 0.111. The van der Waals surface area contributed by atoms with Gasteiger partial charge in [0, 0.05) is 6.08 Å². The van der Waals surface area contributed by atoms with Crippen LogP contribution in [0.3, 0.4) is 0 Å². The lowest BCUT2D eigenvalue weighted by molar-refractivity contribution is -0.148. The zero-order valence-electron chi connectivity index (χ0n) is 13.1. The highest BCUT2D eigenvalue weighted by molar-refractivity contribution is 6.42. The molecule has 1 unspecified atom stereocenters. The number of para-hydroxylation sites is 1. The SMILES string of the molecule is CC(OC(=O)C=Cc1ccc(Cl)c(Cl)c1)C(=O)Nc1ccccc1Cl. The van der Waals surface area contributed by atoms with Crippen molar-refractivity contribution >= 4 is 58.4 Å². The highest BCUT2D eigenvalue weighted by Crippen LogP contribution is 2.23. The van der Waals surface area contributed by atoms with Gasteiger partial charge in [0.15, 0.2) is 6.10 Å². The van der Waals surface area contributed by atoms with Crippen LogP contribution in [0, 0.1) is 0 Å². The Morgan fingerprint density at radius 1 is 1.04 bits per heavy atom. The molecule has 25 heavy (non-hydrogen) atoms. The topological polar surface area (TPSA) is 55.4 Å². The third kappa shape index (κ3) is 5.78. The lowest BCUT2D eigenvalue weighted by Crippen LogP contribution is -2.29. The summed E-state index contributed by atoms with van der Waals surface area (Å²) < 4.78 is 5.06. The molecule has 0 heterocycles. The molecular weight excluding hydrogens is 385 g/mol. The number of halogens is 3. The van der Waals surface area contributed by atoms with Gasteiger partial charge in [-0.3, -0.25) is 4.79 Å². The van der Waals surface area contributed by atoms with Gasteiger partial charge in [-0.1, -0.05) is 53.0 Å². The van der Waals surface area contributed by atoms with Crippen LogP contribution in [0.4, 0.5) is 5.69 Å². The maximum atomic E-state index is 12.1. The molecule has 4 nitrogen and oxygen atoms in total. The van der Waals surface area contributed by atoms with Gasteiger partial charge in [-0.2, -0.15) is 0 Å². The molecule has 0 aromatic heterocycles. The first-order valence-corrected chi connectivity index (χ1v) is 8.39. The highest BCUT2D eigenvalue weighted by atomic mass is 35.5. The minimum atomic E-state index is -0.984. The first kappa shape index (κ1) is 19.3. The average Bonchev–Trinajstić information content (AvgIpc) is 2.58. The van der Waals surface area contributed by atoms with Crippen LogP contribution in [-0.2, 0) is 14.3 Å². The molecule has 0 aliphatic heterocycles. The Morgan fingerprint density at radius 3 is 2.44 bits per heavy atom. The van der Waals surface area contributed by atoms with Crippen molar-refractivity contribution < 1.29 is 14.3 Å². The molecule has 0 saturated heterocycles. The fourth-order valence-corrected chi connectivity index (χ4v) is 2.33. The Morgan fingerprint density at radius 2 is 1.76 bits per heavy atom. The standard InChI is InChI=1S/C18H14Cl3NO3/c1-11(18(24)22-16-5-3-2-4-14(16)20)25-17(23)9-7-12-6-8-13(19)15(21)10-12/h2-11H,1H3,(H,22,24). The first-order chi connectivity index (χ1) is 11.9. The van der Waals surface area contributed by atoms with Crippen LogP contribution in [0.2, 0.25) is 15.1 Å². The summed E-state index contributed by atoms with van der Waals surface area (Å²) >= 11 is 17.7. The Bertz CT molecular complexity index is 821. The van der Waals surface area contributed by atoms with Crippen molar-refractivity contribution in [3.05, 3.63) is 69.2 Å². The average molecular weight is 399 g/mol. The summed E-state index contributed by atoms with van der Waals surface area (Å²) in [4.78, 5) is 23.9. The summed E-state index contributed by atoms with van der Waals surface area (Å²) in [7, 11) is 0. The van der Waals surface area contributed by atoms with Crippen LogP contribution >= 0.6 is 34.8 Å². The third-order valence-corrected chi connectivity index (χ3v) is 4.22. The van der Waals surface area contributed by atoms with E-state index in [-0.39, 0.29) is 0 Å². The smallest absolute Gasteiger partial charge is 0.331 e. The summed E-state index contributed by atoms with van der Waals surface area (Å²) in [5, 5.41) is 3.80. The van der Waals surface area contributed by atoms with Gasteiger partial charge in [0.25, 0.3) is 5.91 Å². The van der Waals surface area contributed by atoms with Crippen LogP contribution in [-0.4, -0.2) is 18.0 Å². The highest BCUT2D eigenvalue weighted by Gasteiger charge is 2.17. The lowest BCUT2D eigenvalue weighted by Gasteiger charge is -2.13. The molecule has 2 aromatic carbocycles. The van der Waals surface area contributed by atoms with Gasteiger partial charge < -0.3 is 10.1 Å². The molecule has 0 radical (unpaired) electrons. The summed E-state index contributed by atoms with van der Waals surface area (Å²) in [5.41, 5.74) is 1.13. The number of anilines is 1. The number of carbonyl (C=O) groups is 2. The Hall–Kier alpha value is -2.01. The van der Waals surface area contributed by atoms with Gasteiger partial charge in [-0.25, -0.2) is 4.79 Å². The van der Waals surface area contributed by atoms with E-state index in [2.05, 4.69) is 5.32 Å². The number of amides is 1. The normalized spacial score (nSPS) is 12.0. The molecule has 130 valence electrons. The largest absolute Gasteiger partial charge is 0.449 e. The van der Waals surface area contributed by atoms with E-state index in [1.807, 2.05) is 0 Å². The Balaban J connectivity index is 1.92. The third-order valence-electron chi connectivity index (χ3n) is 3.15. The quantitative estimate of drug-likeness (QED) is 0.554. The van der Waals surface area contributed by atoms with Crippen LogP contribution < -0.4 is 5.32 Å². The van der Waals surface area contributed by atoms with Gasteiger partial charge in [-0.15, -0.1) is 0 Å². The number of rotatable bonds is 5. The maximum absolute atomic E-state index is 12.1. The number of hydrogen-bond donors (Lipinski definition) is 1. The predicted molar refractivity (Wildman–Crippen MR) is 101 cm³/mol. The second-order valence-electron chi connectivity index (χ2n) is 5.06. The van der Waals surface area contributed by atoms with Crippen molar-refractivity contribution in [2.24, 2.45) is 0 Å². The second-order valence-corrected chi connectivity index (χ2v) is 6.28. The fourth-order valence-electron chi connectivity index (χ4n) is 1.84. The van der Waals surface area contributed by atoms with E-state index in [1.54, 1.807) is 42.5 Å². The van der Waals surface area contributed by atoms with Crippen LogP contribution in [0.1, 0.15) is 12.5 Å². The first-order valence-electron chi connectivity index (χ1n) is 7.26. The molecule has 1 atom stereocenters. The van der Waals surface area contributed by atoms with E-state index >= 15 is 0 Å². The van der Waals surface area contributed by atoms with E-state index in [9.17, 15) is 9.59 Å². The summed E-state index contributed by atoms with van der Waals surface area (Å²) in [6.07, 6.45) is 1.74. The number of esters is 1. The minimum Gasteiger partial charge on any atom is -0.449 e. The van der Waals surface area contributed by atoms with Crippen molar-refractivity contribution in [3.63, 3.8) is 0 Å². The Kier molecular flexibility index (Phi) is 6.88. The molecular formula is C18H14Cl3NO3. The van der Waals surface area contributed by atoms with Crippen molar-refractivity contribution in [2.45, 2.75) is 13.0 Å². The molecule has 0 aliphatic rings. The van der Waals surface area contributed by atoms with Crippen molar-refractivity contribution in [2.75, 3.05) is 5.32 Å². The molecule has 2 aromatic rings.